The van der Waals surface area contributed by atoms with E-state index in [1.165, 1.54) is 0 Å². The molecule has 3 fully saturated rings. The van der Waals surface area contributed by atoms with Crippen LogP contribution in [0.4, 0.5) is 19.0 Å². The maximum absolute atomic E-state index is 13.0. The highest BCUT2D eigenvalue weighted by atomic mass is 19.4. The van der Waals surface area contributed by atoms with Crippen LogP contribution in [0.3, 0.4) is 0 Å². The lowest BCUT2D eigenvalue weighted by atomic mass is 9.96. The van der Waals surface area contributed by atoms with Crippen LogP contribution in [0.15, 0.2) is 12.4 Å². The molecule has 0 bridgehead atoms. The number of carbonyl (C=O) groups excluding carboxylic acids is 1. The molecule has 1 N–H and O–H groups in total. The van der Waals surface area contributed by atoms with Gasteiger partial charge < -0.3 is 15.1 Å². The van der Waals surface area contributed by atoms with Gasteiger partial charge in [0, 0.05) is 50.7 Å². The predicted octanol–water partition coefficient (Wildman–Crippen LogP) is 2.45. The summed E-state index contributed by atoms with van der Waals surface area (Å²) in [5.41, 5.74) is -0.875. The van der Waals surface area contributed by atoms with E-state index in [0.29, 0.717) is 24.2 Å². The van der Waals surface area contributed by atoms with Gasteiger partial charge in [0.2, 0.25) is 5.91 Å². The fourth-order valence-electron chi connectivity index (χ4n) is 4.35. The molecule has 1 unspecified atom stereocenters. The normalized spacial score (nSPS) is 24.8. The third kappa shape index (κ3) is 4.56. The summed E-state index contributed by atoms with van der Waals surface area (Å²) < 4.78 is 39.1. The summed E-state index contributed by atoms with van der Waals surface area (Å²) in [6.45, 7) is 3.57. The monoisotopic (exact) mass is 397 g/mol. The molecule has 1 aromatic rings. The highest BCUT2D eigenvalue weighted by Gasteiger charge is 2.39. The van der Waals surface area contributed by atoms with Gasteiger partial charge in [-0.3, -0.25) is 4.79 Å². The van der Waals surface area contributed by atoms with E-state index in [0.717, 1.165) is 70.7 Å². The number of likely N-dealkylation sites (tertiary alicyclic amines) is 1. The van der Waals surface area contributed by atoms with Crippen molar-refractivity contribution in [1.29, 1.82) is 0 Å². The van der Waals surface area contributed by atoms with Crippen LogP contribution in [0.1, 0.15) is 44.2 Å². The van der Waals surface area contributed by atoms with Gasteiger partial charge in [-0.2, -0.15) is 13.2 Å². The molecular formula is C19H26F3N5O. The lowest BCUT2D eigenvalue weighted by Gasteiger charge is -2.40. The van der Waals surface area contributed by atoms with E-state index < -0.39 is 11.9 Å². The summed E-state index contributed by atoms with van der Waals surface area (Å²) in [5.74, 6) is 1.03. The zero-order valence-electron chi connectivity index (χ0n) is 15.8. The predicted molar refractivity (Wildman–Crippen MR) is 97.7 cm³/mol. The van der Waals surface area contributed by atoms with Crippen molar-refractivity contribution in [3.8, 4) is 0 Å². The molecule has 6 nitrogen and oxygen atoms in total. The van der Waals surface area contributed by atoms with Crippen molar-refractivity contribution in [2.45, 2.75) is 56.8 Å². The summed E-state index contributed by atoms with van der Waals surface area (Å²) in [4.78, 5) is 23.4. The van der Waals surface area contributed by atoms with E-state index >= 15 is 0 Å². The summed E-state index contributed by atoms with van der Waals surface area (Å²) in [6.07, 6.45) is 1.96. The maximum atomic E-state index is 13.0. The number of halogens is 3. The SMILES string of the molecule is O=C1CCC(CN2CCC(N(c3cc(C(F)(F)F)ncn3)C3CC3)CC2)CN1. The lowest BCUT2D eigenvalue weighted by molar-refractivity contribution is -0.141. The van der Waals surface area contributed by atoms with E-state index in [1.807, 2.05) is 0 Å². The number of rotatable bonds is 5. The van der Waals surface area contributed by atoms with Crippen LogP contribution >= 0.6 is 0 Å². The lowest BCUT2D eigenvalue weighted by Crippen LogP contribution is -2.48. The largest absolute Gasteiger partial charge is 0.433 e. The molecule has 1 saturated carbocycles. The van der Waals surface area contributed by atoms with E-state index in [2.05, 4.69) is 25.1 Å². The van der Waals surface area contributed by atoms with Crippen LogP contribution < -0.4 is 10.2 Å². The zero-order chi connectivity index (χ0) is 19.7. The molecule has 1 atom stereocenters. The third-order valence-electron chi connectivity index (χ3n) is 5.98. The fourth-order valence-corrected chi connectivity index (χ4v) is 4.35. The number of hydrogen-bond acceptors (Lipinski definition) is 5. The minimum atomic E-state index is -4.45. The Morgan fingerprint density at radius 1 is 1.11 bits per heavy atom. The first-order valence-corrected chi connectivity index (χ1v) is 10.1. The highest BCUT2D eigenvalue weighted by Crippen LogP contribution is 2.37. The minimum absolute atomic E-state index is 0.137. The first kappa shape index (κ1) is 19.4. The van der Waals surface area contributed by atoms with Crippen LogP contribution in [0.5, 0.6) is 0 Å². The standard InChI is InChI=1S/C19H26F3N5O/c20-19(21,22)16-9-17(25-12-24-16)27(14-2-3-14)15-5-7-26(8-6-15)11-13-1-4-18(28)23-10-13/h9,12-15H,1-8,10-11H2,(H,23,28). The van der Waals surface area contributed by atoms with Crippen molar-refractivity contribution in [2.24, 2.45) is 5.92 Å². The molecule has 4 rings (SSSR count). The zero-order valence-corrected chi connectivity index (χ0v) is 15.8. The molecule has 154 valence electrons. The van der Waals surface area contributed by atoms with Crippen molar-refractivity contribution in [2.75, 3.05) is 31.1 Å². The number of piperidine rings is 2. The van der Waals surface area contributed by atoms with Gasteiger partial charge in [-0.05, 0) is 38.0 Å². The van der Waals surface area contributed by atoms with Gasteiger partial charge in [0.15, 0.2) is 0 Å². The number of aromatic nitrogens is 2. The first-order valence-electron chi connectivity index (χ1n) is 10.1. The molecule has 0 spiro atoms. The number of anilines is 1. The average Bonchev–Trinajstić information content (AvgIpc) is 3.50. The summed E-state index contributed by atoms with van der Waals surface area (Å²) in [5, 5.41) is 2.93. The van der Waals surface area contributed by atoms with E-state index in [4.69, 9.17) is 0 Å². The highest BCUT2D eigenvalue weighted by molar-refractivity contribution is 5.76. The number of nitrogens with zero attached hydrogens (tertiary/aromatic N) is 4. The van der Waals surface area contributed by atoms with Gasteiger partial charge in [-0.1, -0.05) is 0 Å². The Hall–Kier alpha value is -1.90. The second-order valence-electron chi connectivity index (χ2n) is 8.14. The molecule has 2 aliphatic heterocycles. The third-order valence-corrected chi connectivity index (χ3v) is 5.98. The van der Waals surface area contributed by atoms with Gasteiger partial charge in [-0.15, -0.1) is 0 Å². The second-order valence-corrected chi connectivity index (χ2v) is 8.14. The van der Waals surface area contributed by atoms with Crippen LogP contribution in [0.25, 0.3) is 0 Å². The van der Waals surface area contributed by atoms with Gasteiger partial charge in [0.1, 0.15) is 17.8 Å². The molecule has 0 radical (unpaired) electrons. The van der Waals surface area contributed by atoms with Gasteiger partial charge in [-0.25, -0.2) is 9.97 Å². The minimum Gasteiger partial charge on any atom is -0.356 e. The van der Waals surface area contributed by atoms with Gasteiger partial charge >= 0.3 is 6.18 Å². The Bertz CT molecular complexity index is 691. The second kappa shape index (κ2) is 7.85. The first-order chi connectivity index (χ1) is 13.4. The van der Waals surface area contributed by atoms with Gasteiger partial charge in [0.05, 0.1) is 0 Å². The Morgan fingerprint density at radius 3 is 2.43 bits per heavy atom. The number of alkyl halides is 3. The van der Waals surface area contributed by atoms with Crippen molar-refractivity contribution >= 4 is 11.7 Å². The van der Waals surface area contributed by atoms with Crippen molar-refractivity contribution in [3.05, 3.63) is 18.1 Å². The molecule has 0 aromatic carbocycles. The molecule has 9 heteroatoms. The Morgan fingerprint density at radius 2 is 1.82 bits per heavy atom. The molecule has 3 heterocycles. The molecule has 1 amide bonds. The fraction of sp³-hybridized carbons (Fsp3) is 0.737. The molecule has 2 saturated heterocycles. The van der Waals surface area contributed by atoms with Crippen LogP contribution in [0, 0.1) is 5.92 Å². The number of nitrogens with one attached hydrogen (secondary N) is 1. The summed E-state index contributed by atoms with van der Waals surface area (Å²) in [6, 6.07) is 1.60. The van der Waals surface area contributed by atoms with Crippen molar-refractivity contribution in [3.63, 3.8) is 0 Å². The van der Waals surface area contributed by atoms with E-state index in [-0.39, 0.29) is 11.9 Å². The van der Waals surface area contributed by atoms with Crippen molar-refractivity contribution < 1.29 is 18.0 Å². The summed E-state index contributed by atoms with van der Waals surface area (Å²) in [7, 11) is 0. The summed E-state index contributed by atoms with van der Waals surface area (Å²) >= 11 is 0. The van der Waals surface area contributed by atoms with Crippen LogP contribution in [-0.2, 0) is 11.0 Å². The molecule has 3 aliphatic rings. The van der Waals surface area contributed by atoms with Crippen LogP contribution in [-0.4, -0.2) is 59.0 Å². The molecule has 1 aromatic heterocycles. The number of hydrogen-bond donors (Lipinski definition) is 1. The Labute approximate surface area is 162 Å². The van der Waals surface area contributed by atoms with Crippen molar-refractivity contribution in [1.82, 2.24) is 20.2 Å². The van der Waals surface area contributed by atoms with Gasteiger partial charge in [0.25, 0.3) is 0 Å². The molecule has 1 aliphatic carbocycles. The average molecular weight is 397 g/mol. The Kier molecular flexibility index (Phi) is 5.44. The number of carbonyl (C=O) groups is 1. The maximum Gasteiger partial charge on any atom is 0.433 e. The van der Waals surface area contributed by atoms with E-state index in [1.54, 1.807) is 0 Å². The van der Waals surface area contributed by atoms with Crippen LogP contribution in [0.2, 0.25) is 0 Å². The van der Waals surface area contributed by atoms with E-state index in [9.17, 15) is 18.0 Å². The molecular weight excluding hydrogens is 371 g/mol. The smallest absolute Gasteiger partial charge is 0.356 e. The topological polar surface area (TPSA) is 61.4 Å². The molecule has 28 heavy (non-hydrogen) atoms. The number of amides is 1. The Balaban J connectivity index is 1.37. The quantitative estimate of drug-likeness (QED) is 0.827.